The van der Waals surface area contributed by atoms with Gasteiger partial charge >= 0.3 is 0 Å². The Kier molecular flexibility index (Phi) is 6.83. The van der Waals surface area contributed by atoms with Crippen LogP contribution >= 0.6 is 12.2 Å². The number of fused-ring (bicyclic) bond motifs is 1. The van der Waals surface area contributed by atoms with Crippen molar-refractivity contribution in [3.05, 3.63) is 39.4 Å². The van der Waals surface area contributed by atoms with Gasteiger partial charge in [-0.1, -0.05) is 37.8 Å². The van der Waals surface area contributed by atoms with Crippen molar-refractivity contribution in [1.29, 1.82) is 0 Å². The number of nitrogens with zero attached hydrogens (tertiary/aromatic N) is 2. The Morgan fingerprint density at radius 1 is 1.19 bits per heavy atom. The molecule has 0 saturated heterocycles. The van der Waals surface area contributed by atoms with Gasteiger partial charge in [0.1, 0.15) is 0 Å². The van der Waals surface area contributed by atoms with Gasteiger partial charge in [-0.3, -0.25) is 14.2 Å². The van der Waals surface area contributed by atoms with E-state index in [-0.39, 0.29) is 11.5 Å². The third-order valence-corrected chi connectivity index (χ3v) is 6.00. The Morgan fingerprint density at radius 2 is 1.93 bits per heavy atom. The number of benzene rings is 1. The minimum absolute atomic E-state index is 0.0394. The molecule has 1 aliphatic carbocycles. The van der Waals surface area contributed by atoms with Gasteiger partial charge < -0.3 is 9.88 Å². The molecule has 1 amide bonds. The second kappa shape index (κ2) is 9.31. The smallest absolute Gasteiger partial charge is 0.262 e. The number of H-pyrrole nitrogens is 1. The first kappa shape index (κ1) is 19.8. The monoisotopic (exact) mass is 387 g/mol. The van der Waals surface area contributed by atoms with Crippen LogP contribution in [-0.4, -0.2) is 33.4 Å². The number of nitrogens with one attached hydrogen (secondary N) is 1. The highest BCUT2D eigenvalue weighted by Crippen LogP contribution is 2.22. The molecule has 0 radical (unpaired) electrons. The summed E-state index contributed by atoms with van der Waals surface area (Å²) in [5, 5.41) is 0.662. The van der Waals surface area contributed by atoms with Gasteiger partial charge in [0.25, 0.3) is 5.56 Å². The third kappa shape index (κ3) is 4.86. The lowest BCUT2D eigenvalue weighted by molar-refractivity contribution is -0.132. The number of aromatic nitrogens is 2. The topological polar surface area (TPSA) is 58.1 Å². The van der Waals surface area contributed by atoms with Gasteiger partial charge in [-0.15, -0.1) is 0 Å². The molecule has 1 aromatic carbocycles. The van der Waals surface area contributed by atoms with Crippen molar-refractivity contribution in [1.82, 2.24) is 14.5 Å². The van der Waals surface area contributed by atoms with Crippen LogP contribution in [-0.2, 0) is 11.3 Å². The average Bonchev–Trinajstić information content (AvgIpc) is 2.69. The highest BCUT2D eigenvalue weighted by molar-refractivity contribution is 7.71. The normalized spacial score (nSPS) is 15.1. The molecule has 2 aromatic rings. The summed E-state index contributed by atoms with van der Waals surface area (Å²) in [6, 6.07) is 7.86. The molecule has 1 saturated carbocycles. The Morgan fingerprint density at radius 3 is 2.70 bits per heavy atom. The molecule has 0 unspecified atom stereocenters. The van der Waals surface area contributed by atoms with Crippen LogP contribution < -0.4 is 5.56 Å². The zero-order valence-corrected chi connectivity index (χ0v) is 16.9. The lowest BCUT2D eigenvalue weighted by Crippen LogP contribution is -2.38. The molecule has 1 aliphatic rings. The number of carbonyl (C=O) groups excluding carboxylic acids is 1. The number of para-hydroxylation sites is 1. The zero-order valence-electron chi connectivity index (χ0n) is 16.1. The summed E-state index contributed by atoms with van der Waals surface area (Å²) in [6.07, 6.45) is 9.27. The largest absolute Gasteiger partial charge is 0.343 e. The Labute approximate surface area is 165 Å². The van der Waals surface area contributed by atoms with Crippen LogP contribution in [0.3, 0.4) is 0 Å². The van der Waals surface area contributed by atoms with Gasteiger partial charge in [0.2, 0.25) is 5.91 Å². The van der Waals surface area contributed by atoms with Crippen LogP contribution in [0.4, 0.5) is 0 Å². The van der Waals surface area contributed by atoms with E-state index in [4.69, 9.17) is 12.2 Å². The Hall–Kier alpha value is -1.95. The fourth-order valence-electron chi connectivity index (χ4n) is 3.97. The number of amides is 1. The van der Waals surface area contributed by atoms with Gasteiger partial charge in [-0.05, 0) is 50.0 Å². The quantitative estimate of drug-likeness (QED) is 0.565. The van der Waals surface area contributed by atoms with Gasteiger partial charge in [0.15, 0.2) is 4.77 Å². The maximum absolute atomic E-state index is 12.6. The van der Waals surface area contributed by atoms with E-state index in [1.165, 1.54) is 19.3 Å². The standard InChI is InChI=1S/C21H29N3O2S/c1-23(16-10-4-2-5-11-16)19(25)14-6-3-9-15-24-20(26)17-12-7-8-13-18(17)22-21(24)27/h7-8,12-13,16H,2-6,9-11,14-15H2,1H3,(H,22,27). The molecule has 27 heavy (non-hydrogen) atoms. The van der Waals surface area contributed by atoms with E-state index in [0.717, 1.165) is 37.6 Å². The van der Waals surface area contributed by atoms with E-state index in [2.05, 4.69) is 4.98 Å². The number of carbonyl (C=O) groups is 1. The van der Waals surface area contributed by atoms with Crippen molar-refractivity contribution in [2.75, 3.05) is 7.05 Å². The molecule has 0 aliphatic heterocycles. The van der Waals surface area contributed by atoms with Crippen molar-refractivity contribution in [3.63, 3.8) is 0 Å². The Balaban J connectivity index is 1.48. The van der Waals surface area contributed by atoms with Crippen LogP contribution in [0, 0.1) is 4.77 Å². The highest BCUT2D eigenvalue weighted by atomic mass is 32.1. The van der Waals surface area contributed by atoms with E-state index in [1.807, 2.05) is 36.2 Å². The van der Waals surface area contributed by atoms with Gasteiger partial charge in [0.05, 0.1) is 10.9 Å². The molecule has 5 nitrogen and oxygen atoms in total. The van der Waals surface area contributed by atoms with Crippen LogP contribution in [0.5, 0.6) is 0 Å². The fraction of sp³-hybridized carbons (Fsp3) is 0.571. The van der Waals surface area contributed by atoms with E-state index in [0.29, 0.717) is 29.2 Å². The van der Waals surface area contributed by atoms with Crippen LogP contribution in [0.25, 0.3) is 10.9 Å². The van der Waals surface area contributed by atoms with Crippen molar-refractivity contribution in [3.8, 4) is 0 Å². The molecule has 0 bridgehead atoms. The summed E-state index contributed by atoms with van der Waals surface area (Å²) in [5.41, 5.74) is 0.738. The summed E-state index contributed by atoms with van der Waals surface area (Å²) in [7, 11) is 1.95. The van der Waals surface area contributed by atoms with Crippen molar-refractivity contribution in [2.45, 2.75) is 70.4 Å². The number of hydrogen-bond acceptors (Lipinski definition) is 3. The van der Waals surface area contributed by atoms with E-state index in [9.17, 15) is 9.59 Å². The number of rotatable bonds is 7. The first-order valence-electron chi connectivity index (χ1n) is 10.1. The lowest BCUT2D eigenvalue weighted by Gasteiger charge is -2.31. The molecule has 0 atom stereocenters. The zero-order chi connectivity index (χ0) is 19.2. The second-order valence-corrected chi connectivity index (χ2v) is 7.93. The summed E-state index contributed by atoms with van der Waals surface area (Å²) in [4.78, 5) is 30.1. The molecule has 3 rings (SSSR count). The molecule has 1 aromatic heterocycles. The highest BCUT2D eigenvalue weighted by Gasteiger charge is 2.21. The maximum atomic E-state index is 12.6. The van der Waals surface area contributed by atoms with Crippen molar-refractivity contribution in [2.24, 2.45) is 0 Å². The fourth-order valence-corrected chi connectivity index (χ4v) is 4.26. The predicted octanol–water partition coefficient (Wildman–Crippen LogP) is 4.41. The lowest BCUT2D eigenvalue weighted by atomic mass is 9.94. The molecular formula is C21H29N3O2S. The minimum Gasteiger partial charge on any atom is -0.343 e. The second-order valence-electron chi connectivity index (χ2n) is 7.54. The molecule has 146 valence electrons. The first-order valence-corrected chi connectivity index (χ1v) is 10.5. The maximum Gasteiger partial charge on any atom is 0.262 e. The van der Waals surface area contributed by atoms with Crippen LogP contribution in [0.15, 0.2) is 29.1 Å². The first-order chi connectivity index (χ1) is 13.1. The van der Waals surface area contributed by atoms with Gasteiger partial charge in [-0.25, -0.2) is 0 Å². The predicted molar refractivity (Wildman–Crippen MR) is 112 cm³/mol. The summed E-state index contributed by atoms with van der Waals surface area (Å²) < 4.78 is 2.10. The van der Waals surface area contributed by atoms with Gasteiger partial charge in [0, 0.05) is 26.1 Å². The van der Waals surface area contributed by atoms with Crippen molar-refractivity contribution < 1.29 is 4.79 Å². The van der Waals surface area contributed by atoms with E-state index in [1.54, 1.807) is 4.57 Å². The molecule has 6 heteroatoms. The molecular weight excluding hydrogens is 358 g/mol. The number of aromatic amines is 1. The number of hydrogen-bond donors (Lipinski definition) is 1. The van der Waals surface area contributed by atoms with E-state index >= 15 is 0 Å². The minimum atomic E-state index is -0.0394. The van der Waals surface area contributed by atoms with Crippen molar-refractivity contribution >= 4 is 29.0 Å². The number of unbranched alkanes of at least 4 members (excludes halogenated alkanes) is 2. The summed E-state index contributed by atoms with van der Waals surface area (Å²) in [6.45, 7) is 0.589. The van der Waals surface area contributed by atoms with Gasteiger partial charge in [-0.2, -0.15) is 0 Å². The van der Waals surface area contributed by atoms with E-state index < -0.39 is 0 Å². The average molecular weight is 388 g/mol. The molecule has 0 spiro atoms. The van der Waals surface area contributed by atoms with Crippen LogP contribution in [0.2, 0.25) is 0 Å². The molecule has 1 N–H and O–H groups in total. The third-order valence-electron chi connectivity index (χ3n) is 5.68. The summed E-state index contributed by atoms with van der Waals surface area (Å²) >= 11 is 5.34. The van der Waals surface area contributed by atoms with Crippen LogP contribution in [0.1, 0.15) is 57.8 Å². The molecule has 1 fully saturated rings. The molecule has 1 heterocycles. The Bertz CT molecular complexity index is 896. The summed E-state index contributed by atoms with van der Waals surface area (Å²) in [5.74, 6) is 0.252. The SMILES string of the molecule is CN(C(=O)CCCCCn1c(=S)[nH]c2ccccc2c1=O)C1CCCCC1.